The molecular weight excluding hydrogens is 395 g/mol. The Bertz CT molecular complexity index is 938. The van der Waals surface area contributed by atoms with Crippen LogP contribution in [0.1, 0.15) is 19.8 Å². The van der Waals surface area contributed by atoms with Gasteiger partial charge in [-0.2, -0.15) is 0 Å². The van der Waals surface area contributed by atoms with Gasteiger partial charge in [0.25, 0.3) is 10.0 Å². The lowest BCUT2D eigenvalue weighted by molar-refractivity contribution is -0.130. The Kier molecular flexibility index (Phi) is 6.42. The number of methoxy groups -OCH3 is 1. The standard InChI is InChI=1S/C21H25FN2O4S/c1-16-11-13-23(14-12-16)21(25)15-24(18-5-7-19(28-2)8-6-18)29(26,27)20-9-3-17(22)4-10-20/h3-10,16H,11-15H2,1-2H3. The molecule has 156 valence electrons. The van der Waals surface area contributed by atoms with Crippen LogP contribution in [0.3, 0.4) is 0 Å². The molecule has 8 heteroatoms. The van der Waals surface area contributed by atoms with Gasteiger partial charge in [-0.15, -0.1) is 0 Å². The number of amides is 1. The van der Waals surface area contributed by atoms with Gasteiger partial charge in [0, 0.05) is 13.1 Å². The van der Waals surface area contributed by atoms with Gasteiger partial charge in [0.2, 0.25) is 5.91 Å². The van der Waals surface area contributed by atoms with Crippen LogP contribution in [0.5, 0.6) is 5.75 Å². The van der Waals surface area contributed by atoms with E-state index in [9.17, 15) is 17.6 Å². The first-order valence-corrected chi connectivity index (χ1v) is 11.0. The number of carbonyl (C=O) groups is 1. The third kappa shape index (κ3) is 4.87. The van der Waals surface area contributed by atoms with Gasteiger partial charge in [-0.3, -0.25) is 9.10 Å². The molecular formula is C21H25FN2O4S. The average Bonchev–Trinajstić information content (AvgIpc) is 2.72. The van der Waals surface area contributed by atoms with Crippen molar-refractivity contribution in [1.29, 1.82) is 0 Å². The Morgan fingerprint density at radius 2 is 1.69 bits per heavy atom. The van der Waals surface area contributed by atoms with Crippen LogP contribution in [-0.2, 0) is 14.8 Å². The van der Waals surface area contributed by atoms with Gasteiger partial charge in [0.15, 0.2) is 0 Å². The molecule has 0 aromatic heterocycles. The van der Waals surface area contributed by atoms with E-state index in [1.165, 1.54) is 19.2 Å². The van der Waals surface area contributed by atoms with Crippen molar-refractivity contribution >= 4 is 21.6 Å². The normalized spacial score (nSPS) is 15.2. The second kappa shape index (κ2) is 8.82. The molecule has 0 unspecified atom stereocenters. The van der Waals surface area contributed by atoms with Crippen molar-refractivity contribution in [3.63, 3.8) is 0 Å². The van der Waals surface area contributed by atoms with Gasteiger partial charge in [-0.05, 0) is 67.3 Å². The highest BCUT2D eigenvalue weighted by molar-refractivity contribution is 7.92. The monoisotopic (exact) mass is 420 g/mol. The van der Waals surface area contributed by atoms with Crippen molar-refractivity contribution in [2.75, 3.05) is 31.0 Å². The van der Waals surface area contributed by atoms with E-state index in [4.69, 9.17) is 4.74 Å². The van der Waals surface area contributed by atoms with Gasteiger partial charge in [0.1, 0.15) is 18.1 Å². The van der Waals surface area contributed by atoms with Crippen molar-refractivity contribution in [1.82, 2.24) is 4.90 Å². The molecule has 0 bridgehead atoms. The number of likely N-dealkylation sites (tertiary alicyclic amines) is 1. The molecule has 1 saturated heterocycles. The van der Waals surface area contributed by atoms with Crippen LogP contribution in [0.25, 0.3) is 0 Å². The number of nitrogens with zero attached hydrogens (tertiary/aromatic N) is 2. The minimum Gasteiger partial charge on any atom is -0.497 e. The molecule has 0 aliphatic carbocycles. The minimum absolute atomic E-state index is 0.0743. The van der Waals surface area contributed by atoms with Gasteiger partial charge in [-0.1, -0.05) is 6.92 Å². The van der Waals surface area contributed by atoms with E-state index in [1.54, 1.807) is 29.2 Å². The van der Waals surface area contributed by atoms with Gasteiger partial charge in [-0.25, -0.2) is 12.8 Å². The summed E-state index contributed by atoms with van der Waals surface area (Å²) < 4.78 is 46.0. The molecule has 1 fully saturated rings. The van der Waals surface area contributed by atoms with E-state index in [-0.39, 0.29) is 17.3 Å². The zero-order chi connectivity index (χ0) is 21.0. The van der Waals surface area contributed by atoms with Crippen molar-refractivity contribution in [3.05, 3.63) is 54.3 Å². The summed E-state index contributed by atoms with van der Waals surface area (Å²) in [6.45, 7) is 3.06. The molecule has 1 aliphatic rings. The van der Waals surface area contributed by atoms with Crippen molar-refractivity contribution in [2.24, 2.45) is 5.92 Å². The minimum atomic E-state index is -4.06. The average molecular weight is 421 g/mol. The molecule has 6 nitrogen and oxygen atoms in total. The van der Waals surface area contributed by atoms with Crippen LogP contribution in [0.2, 0.25) is 0 Å². The summed E-state index contributed by atoms with van der Waals surface area (Å²) in [5.41, 5.74) is 0.342. The zero-order valence-corrected chi connectivity index (χ0v) is 17.4. The summed E-state index contributed by atoms with van der Waals surface area (Å²) in [5.74, 6) is 0.348. The van der Waals surface area contributed by atoms with Crippen LogP contribution in [0, 0.1) is 11.7 Å². The third-order valence-corrected chi connectivity index (χ3v) is 6.97. The van der Waals surface area contributed by atoms with Crippen LogP contribution in [0.4, 0.5) is 10.1 Å². The van der Waals surface area contributed by atoms with E-state index < -0.39 is 15.8 Å². The molecule has 2 aromatic rings. The van der Waals surface area contributed by atoms with E-state index >= 15 is 0 Å². The SMILES string of the molecule is COc1ccc(N(CC(=O)N2CCC(C)CC2)S(=O)(=O)c2ccc(F)cc2)cc1. The summed E-state index contributed by atoms with van der Waals surface area (Å²) in [6, 6.07) is 11.0. The fourth-order valence-electron chi connectivity index (χ4n) is 3.28. The summed E-state index contributed by atoms with van der Waals surface area (Å²) in [6.07, 6.45) is 1.80. The number of carbonyl (C=O) groups excluding carboxylic acids is 1. The lowest BCUT2D eigenvalue weighted by Gasteiger charge is -2.32. The Morgan fingerprint density at radius 1 is 1.10 bits per heavy atom. The topological polar surface area (TPSA) is 66.9 Å². The highest BCUT2D eigenvalue weighted by Gasteiger charge is 2.30. The number of sulfonamides is 1. The lowest BCUT2D eigenvalue weighted by atomic mass is 9.99. The third-order valence-electron chi connectivity index (χ3n) is 5.18. The largest absolute Gasteiger partial charge is 0.497 e. The molecule has 0 saturated carbocycles. The molecule has 0 atom stereocenters. The molecule has 0 N–H and O–H groups in total. The van der Waals surface area contributed by atoms with Gasteiger partial charge < -0.3 is 9.64 Å². The summed E-state index contributed by atoms with van der Waals surface area (Å²) in [4.78, 5) is 14.5. The fraction of sp³-hybridized carbons (Fsp3) is 0.381. The molecule has 1 heterocycles. The first-order chi connectivity index (χ1) is 13.8. The second-order valence-electron chi connectivity index (χ2n) is 7.23. The number of hydrogen-bond acceptors (Lipinski definition) is 4. The van der Waals surface area contributed by atoms with Gasteiger partial charge in [0.05, 0.1) is 17.7 Å². The van der Waals surface area contributed by atoms with Crippen molar-refractivity contribution in [3.8, 4) is 5.75 Å². The van der Waals surface area contributed by atoms with Crippen LogP contribution in [0.15, 0.2) is 53.4 Å². The lowest BCUT2D eigenvalue weighted by Crippen LogP contribution is -2.45. The summed E-state index contributed by atoms with van der Waals surface area (Å²) in [5, 5.41) is 0. The number of piperidine rings is 1. The highest BCUT2D eigenvalue weighted by atomic mass is 32.2. The molecule has 0 spiro atoms. The first kappa shape index (κ1) is 21.1. The molecule has 3 rings (SSSR count). The highest BCUT2D eigenvalue weighted by Crippen LogP contribution is 2.26. The van der Waals surface area contributed by atoms with Crippen molar-refractivity contribution in [2.45, 2.75) is 24.7 Å². The van der Waals surface area contributed by atoms with Crippen LogP contribution in [-0.4, -0.2) is 46.0 Å². The number of hydrogen-bond donors (Lipinski definition) is 0. The number of anilines is 1. The maximum atomic E-state index is 13.3. The molecule has 1 aliphatic heterocycles. The van der Waals surface area contributed by atoms with Crippen LogP contribution >= 0.6 is 0 Å². The van der Waals surface area contributed by atoms with E-state index in [0.717, 1.165) is 29.3 Å². The fourth-order valence-corrected chi connectivity index (χ4v) is 4.69. The smallest absolute Gasteiger partial charge is 0.264 e. The van der Waals surface area contributed by atoms with Crippen molar-refractivity contribution < 1.29 is 22.3 Å². The van der Waals surface area contributed by atoms with E-state index in [0.29, 0.717) is 30.4 Å². The Hall–Kier alpha value is -2.61. The number of halogens is 1. The zero-order valence-electron chi connectivity index (χ0n) is 16.5. The Balaban J connectivity index is 1.92. The van der Waals surface area contributed by atoms with E-state index in [1.807, 2.05) is 0 Å². The molecule has 0 radical (unpaired) electrons. The first-order valence-electron chi connectivity index (χ1n) is 9.51. The Morgan fingerprint density at radius 3 is 2.24 bits per heavy atom. The number of benzene rings is 2. The van der Waals surface area contributed by atoms with Crippen LogP contribution < -0.4 is 9.04 Å². The predicted octanol–water partition coefficient (Wildman–Crippen LogP) is 3.29. The quantitative estimate of drug-likeness (QED) is 0.719. The maximum Gasteiger partial charge on any atom is 0.264 e. The van der Waals surface area contributed by atoms with E-state index in [2.05, 4.69) is 6.92 Å². The summed E-state index contributed by atoms with van der Waals surface area (Å²) >= 11 is 0. The molecule has 29 heavy (non-hydrogen) atoms. The number of rotatable bonds is 6. The second-order valence-corrected chi connectivity index (χ2v) is 9.09. The maximum absolute atomic E-state index is 13.3. The number of ether oxygens (including phenoxy) is 1. The summed E-state index contributed by atoms with van der Waals surface area (Å²) in [7, 11) is -2.54. The van der Waals surface area contributed by atoms with Gasteiger partial charge >= 0.3 is 0 Å². The molecule has 2 aromatic carbocycles. The predicted molar refractivity (Wildman–Crippen MR) is 109 cm³/mol. The Labute approximate surface area is 170 Å². The molecule has 1 amide bonds.